The van der Waals surface area contributed by atoms with Crippen molar-refractivity contribution >= 4 is 23.0 Å². The number of hydrogen-bond donors (Lipinski definition) is 1. The minimum atomic E-state index is -0.158. The van der Waals surface area contributed by atoms with Gasteiger partial charge in [-0.05, 0) is 36.2 Å². The van der Waals surface area contributed by atoms with E-state index >= 15 is 0 Å². The average molecular weight is 393 g/mol. The highest BCUT2D eigenvalue weighted by Gasteiger charge is 2.23. The van der Waals surface area contributed by atoms with E-state index in [1.807, 2.05) is 55.5 Å². The average Bonchev–Trinajstić information content (AvgIpc) is 2.70. The van der Waals surface area contributed by atoms with Gasteiger partial charge in [0.25, 0.3) is 5.56 Å². The summed E-state index contributed by atoms with van der Waals surface area (Å²) in [7, 11) is 0. The fourth-order valence-corrected chi connectivity index (χ4v) is 3.47. The summed E-state index contributed by atoms with van der Waals surface area (Å²) < 4.78 is 1.44. The van der Waals surface area contributed by atoms with Gasteiger partial charge in [0.1, 0.15) is 5.82 Å². The first-order valence-electron chi connectivity index (χ1n) is 9.27. The maximum absolute atomic E-state index is 12.7. The molecule has 5 nitrogen and oxygen atoms in total. The number of anilines is 1. The minimum Gasteiger partial charge on any atom is -0.379 e. The molecule has 1 unspecified atom stereocenters. The van der Waals surface area contributed by atoms with E-state index in [-0.39, 0.29) is 11.5 Å². The highest BCUT2D eigenvalue weighted by atomic mass is 35.5. The van der Waals surface area contributed by atoms with Crippen molar-refractivity contribution in [1.82, 2.24) is 9.66 Å². The number of rotatable bonds is 4. The first-order valence-corrected chi connectivity index (χ1v) is 9.65. The van der Waals surface area contributed by atoms with Crippen LogP contribution in [-0.4, -0.2) is 15.4 Å². The van der Waals surface area contributed by atoms with Gasteiger partial charge < -0.3 is 5.32 Å². The minimum absolute atomic E-state index is 0.109. The zero-order valence-corrected chi connectivity index (χ0v) is 16.6. The van der Waals surface area contributed by atoms with E-state index in [1.54, 1.807) is 6.07 Å². The Balaban J connectivity index is 1.61. The Hall–Kier alpha value is -2.92. The molecule has 3 aromatic rings. The van der Waals surface area contributed by atoms with Gasteiger partial charge in [0.2, 0.25) is 0 Å². The molecule has 4 rings (SSSR count). The highest BCUT2D eigenvalue weighted by molar-refractivity contribution is 6.31. The van der Waals surface area contributed by atoms with Gasteiger partial charge in [-0.2, -0.15) is 9.78 Å². The molecule has 2 heterocycles. The van der Waals surface area contributed by atoms with E-state index in [0.29, 0.717) is 18.1 Å². The lowest BCUT2D eigenvalue weighted by Crippen LogP contribution is -2.30. The number of aryl methyl sites for hydroxylation is 1. The molecule has 28 heavy (non-hydrogen) atoms. The Morgan fingerprint density at radius 1 is 1.18 bits per heavy atom. The summed E-state index contributed by atoms with van der Waals surface area (Å²) in [6.45, 7) is 4.50. The van der Waals surface area contributed by atoms with E-state index in [9.17, 15) is 4.79 Å². The van der Waals surface area contributed by atoms with Gasteiger partial charge in [-0.15, -0.1) is 0 Å². The van der Waals surface area contributed by atoms with Crippen molar-refractivity contribution in [2.24, 2.45) is 5.10 Å². The number of benzene rings is 2. The van der Waals surface area contributed by atoms with Gasteiger partial charge in [-0.1, -0.05) is 48.9 Å². The van der Waals surface area contributed by atoms with Gasteiger partial charge in [0.05, 0.1) is 18.0 Å². The molecule has 1 N–H and O–H groups in total. The SMILES string of the molecule is Cc1cc(NCc2cc(=O)n3c(n2)C(C)CC(c2ccccc2)=N3)ccc1Cl. The Labute approximate surface area is 168 Å². The van der Waals surface area contributed by atoms with Gasteiger partial charge >= 0.3 is 0 Å². The predicted octanol–water partition coefficient (Wildman–Crippen LogP) is 4.58. The van der Waals surface area contributed by atoms with E-state index in [4.69, 9.17) is 16.6 Å². The zero-order valence-electron chi connectivity index (χ0n) is 15.8. The largest absolute Gasteiger partial charge is 0.379 e. The first kappa shape index (κ1) is 18.4. The maximum Gasteiger partial charge on any atom is 0.274 e. The molecule has 0 fully saturated rings. The van der Waals surface area contributed by atoms with Crippen molar-refractivity contribution in [3.63, 3.8) is 0 Å². The van der Waals surface area contributed by atoms with Crippen molar-refractivity contribution in [2.75, 3.05) is 5.32 Å². The van der Waals surface area contributed by atoms with Crippen LogP contribution in [0.25, 0.3) is 0 Å². The number of nitrogens with zero attached hydrogens (tertiary/aromatic N) is 3. The lowest BCUT2D eigenvalue weighted by Gasteiger charge is -2.22. The fraction of sp³-hybridized carbons (Fsp3) is 0.227. The van der Waals surface area contributed by atoms with Crippen molar-refractivity contribution in [3.8, 4) is 0 Å². The number of aromatic nitrogens is 2. The van der Waals surface area contributed by atoms with Crippen LogP contribution in [0.4, 0.5) is 5.69 Å². The van der Waals surface area contributed by atoms with Crippen LogP contribution in [0.1, 0.15) is 41.9 Å². The summed E-state index contributed by atoms with van der Waals surface area (Å²) >= 11 is 6.07. The van der Waals surface area contributed by atoms with Gasteiger partial charge in [0, 0.05) is 29.1 Å². The van der Waals surface area contributed by atoms with Crippen molar-refractivity contribution in [2.45, 2.75) is 32.7 Å². The number of nitrogens with one attached hydrogen (secondary N) is 1. The maximum atomic E-state index is 12.7. The standard InChI is InChI=1S/C22H21ClN4O/c1-14-10-17(8-9-19(14)23)24-13-18-12-21(28)27-22(25-18)15(2)11-20(26-27)16-6-4-3-5-7-16/h3-10,12,15,24H,11,13H2,1-2H3. The molecule has 6 heteroatoms. The smallest absolute Gasteiger partial charge is 0.274 e. The summed E-state index contributed by atoms with van der Waals surface area (Å²) in [6, 6.07) is 17.3. The van der Waals surface area contributed by atoms with Crippen LogP contribution in [0.2, 0.25) is 5.02 Å². The molecule has 0 saturated carbocycles. The second kappa shape index (κ2) is 7.60. The molecule has 0 amide bonds. The number of halogens is 1. The van der Waals surface area contributed by atoms with Crippen LogP contribution in [-0.2, 0) is 6.54 Å². The molecular formula is C22H21ClN4O. The van der Waals surface area contributed by atoms with Crippen molar-refractivity contribution < 1.29 is 0 Å². The molecule has 1 atom stereocenters. The van der Waals surface area contributed by atoms with E-state index in [2.05, 4.69) is 17.3 Å². The number of fused-ring (bicyclic) bond motifs is 1. The molecule has 2 aromatic carbocycles. The quantitative estimate of drug-likeness (QED) is 0.707. The third-order valence-electron chi connectivity index (χ3n) is 4.87. The molecule has 1 aliphatic heterocycles. The molecule has 0 bridgehead atoms. The summed E-state index contributed by atoms with van der Waals surface area (Å²) in [5.74, 6) is 0.814. The first-order chi connectivity index (χ1) is 13.5. The Kier molecular flexibility index (Phi) is 5.01. The summed E-state index contributed by atoms with van der Waals surface area (Å²) in [4.78, 5) is 17.4. The summed E-state index contributed by atoms with van der Waals surface area (Å²) in [6.07, 6.45) is 0.754. The molecular weight excluding hydrogens is 372 g/mol. The third kappa shape index (κ3) is 3.71. The van der Waals surface area contributed by atoms with Crippen LogP contribution in [0.15, 0.2) is 64.5 Å². The topological polar surface area (TPSA) is 59.3 Å². The Morgan fingerprint density at radius 2 is 1.96 bits per heavy atom. The second-order valence-corrected chi connectivity index (χ2v) is 7.50. The van der Waals surface area contributed by atoms with Crippen LogP contribution in [0.5, 0.6) is 0 Å². The number of hydrogen-bond acceptors (Lipinski definition) is 4. The monoisotopic (exact) mass is 392 g/mol. The Morgan fingerprint density at radius 3 is 2.71 bits per heavy atom. The van der Waals surface area contributed by atoms with Crippen LogP contribution < -0.4 is 10.9 Å². The third-order valence-corrected chi connectivity index (χ3v) is 5.30. The Bertz CT molecular complexity index is 1110. The van der Waals surface area contributed by atoms with Gasteiger partial charge in [-0.3, -0.25) is 4.79 Å². The van der Waals surface area contributed by atoms with E-state index in [0.717, 1.165) is 34.0 Å². The van der Waals surface area contributed by atoms with Crippen LogP contribution in [0, 0.1) is 6.92 Å². The normalized spacial score (nSPS) is 15.7. The van der Waals surface area contributed by atoms with Crippen LogP contribution >= 0.6 is 11.6 Å². The van der Waals surface area contributed by atoms with Crippen molar-refractivity contribution in [1.29, 1.82) is 0 Å². The van der Waals surface area contributed by atoms with E-state index < -0.39 is 0 Å². The van der Waals surface area contributed by atoms with Crippen LogP contribution in [0.3, 0.4) is 0 Å². The highest BCUT2D eigenvalue weighted by Crippen LogP contribution is 2.24. The molecule has 0 aliphatic carbocycles. The van der Waals surface area contributed by atoms with Gasteiger partial charge in [-0.25, -0.2) is 4.98 Å². The van der Waals surface area contributed by atoms with Gasteiger partial charge in [0.15, 0.2) is 0 Å². The van der Waals surface area contributed by atoms with E-state index in [1.165, 1.54) is 4.68 Å². The molecule has 142 valence electrons. The molecule has 1 aromatic heterocycles. The fourth-order valence-electron chi connectivity index (χ4n) is 3.35. The molecule has 0 spiro atoms. The lowest BCUT2D eigenvalue weighted by atomic mass is 9.97. The lowest BCUT2D eigenvalue weighted by molar-refractivity contribution is 0.595. The zero-order chi connectivity index (χ0) is 19.7. The predicted molar refractivity (Wildman–Crippen MR) is 113 cm³/mol. The summed E-state index contributed by atoms with van der Waals surface area (Å²) in [5.41, 5.74) is 4.44. The summed E-state index contributed by atoms with van der Waals surface area (Å²) in [5, 5.41) is 8.61. The molecule has 0 radical (unpaired) electrons. The molecule has 0 saturated heterocycles. The second-order valence-electron chi connectivity index (χ2n) is 7.09. The molecule has 1 aliphatic rings. The van der Waals surface area contributed by atoms with Crippen molar-refractivity contribution in [3.05, 3.63) is 92.6 Å².